The largest absolute Gasteiger partial charge is 0.422 e. The van der Waals surface area contributed by atoms with E-state index in [1.807, 2.05) is 13.0 Å². The van der Waals surface area contributed by atoms with Gasteiger partial charge in [0.05, 0.1) is 22.4 Å². The monoisotopic (exact) mass is 562 g/mol. The number of benzene rings is 2. The number of carbonyl (C=O) groups excluding carboxylic acids is 5. The summed E-state index contributed by atoms with van der Waals surface area (Å²) in [5, 5.41) is 3.61. The van der Waals surface area contributed by atoms with Gasteiger partial charge in [-0.25, -0.2) is 9.80 Å². The van der Waals surface area contributed by atoms with E-state index in [4.69, 9.17) is 16.3 Å². The topological polar surface area (TPSA) is 101 Å². The SMILES string of the molecule is CC1=CC[C@H]2C(=O)N(N(CC(=O)c3ccc(OC(=O)c4cccs4)cc3)C(=O)c3ccccc3Cl)C(=O)[C@@H]2C1. The van der Waals surface area contributed by atoms with Crippen molar-refractivity contribution in [1.82, 2.24) is 10.0 Å². The summed E-state index contributed by atoms with van der Waals surface area (Å²) in [6, 6.07) is 15.5. The van der Waals surface area contributed by atoms with Crippen LogP contribution in [0.3, 0.4) is 0 Å². The summed E-state index contributed by atoms with van der Waals surface area (Å²) in [6.07, 6.45) is 2.73. The molecule has 3 aromatic rings. The van der Waals surface area contributed by atoms with Crippen LogP contribution in [-0.2, 0) is 9.59 Å². The van der Waals surface area contributed by atoms with Crippen LogP contribution in [0.2, 0.25) is 5.02 Å². The first-order chi connectivity index (χ1) is 18.7. The van der Waals surface area contributed by atoms with Crippen LogP contribution in [0.25, 0.3) is 0 Å². The molecule has 1 aliphatic carbocycles. The molecular weight excluding hydrogens is 540 g/mol. The fraction of sp³-hybridized carbons (Fsp3) is 0.207. The summed E-state index contributed by atoms with van der Waals surface area (Å²) in [6.45, 7) is 1.33. The Kier molecular flexibility index (Phi) is 7.45. The molecule has 2 aromatic carbocycles. The van der Waals surface area contributed by atoms with Gasteiger partial charge in [0, 0.05) is 5.56 Å². The lowest BCUT2D eigenvalue weighted by Crippen LogP contribution is -2.52. The summed E-state index contributed by atoms with van der Waals surface area (Å²) in [7, 11) is 0. The van der Waals surface area contributed by atoms with Crippen LogP contribution in [0.5, 0.6) is 5.75 Å². The van der Waals surface area contributed by atoms with Gasteiger partial charge in [0.2, 0.25) is 0 Å². The highest BCUT2D eigenvalue weighted by atomic mass is 35.5. The minimum Gasteiger partial charge on any atom is -0.422 e. The van der Waals surface area contributed by atoms with E-state index in [9.17, 15) is 24.0 Å². The average molecular weight is 563 g/mol. The van der Waals surface area contributed by atoms with E-state index in [2.05, 4.69) is 0 Å². The summed E-state index contributed by atoms with van der Waals surface area (Å²) in [5.41, 5.74) is 1.27. The predicted molar refractivity (Wildman–Crippen MR) is 144 cm³/mol. The molecule has 0 saturated carbocycles. The van der Waals surface area contributed by atoms with Crippen molar-refractivity contribution in [3.63, 3.8) is 0 Å². The fourth-order valence-electron chi connectivity index (χ4n) is 4.75. The second-order valence-electron chi connectivity index (χ2n) is 9.35. The van der Waals surface area contributed by atoms with Crippen molar-refractivity contribution < 1.29 is 28.7 Å². The van der Waals surface area contributed by atoms with E-state index in [0.29, 0.717) is 17.7 Å². The Balaban J connectivity index is 1.40. The number of allylic oxidation sites excluding steroid dienone is 2. The first kappa shape index (κ1) is 26.5. The van der Waals surface area contributed by atoms with Gasteiger partial charge in [-0.05, 0) is 67.6 Å². The normalized spacial score (nSPS) is 18.4. The van der Waals surface area contributed by atoms with Gasteiger partial charge in [0.1, 0.15) is 17.2 Å². The van der Waals surface area contributed by atoms with E-state index >= 15 is 0 Å². The number of nitrogens with zero attached hydrogens (tertiary/aromatic N) is 2. The summed E-state index contributed by atoms with van der Waals surface area (Å²) in [5.74, 6) is -3.73. The molecule has 0 bridgehead atoms. The molecule has 39 heavy (non-hydrogen) atoms. The lowest BCUT2D eigenvalue weighted by molar-refractivity contribution is -0.154. The zero-order chi connectivity index (χ0) is 27.7. The van der Waals surface area contributed by atoms with E-state index in [-0.39, 0.29) is 21.9 Å². The number of carbonyl (C=O) groups is 5. The van der Waals surface area contributed by atoms with Gasteiger partial charge in [0.25, 0.3) is 17.7 Å². The number of halogens is 1. The van der Waals surface area contributed by atoms with Gasteiger partial charge < -0.3 is 4.74 Å². The number of Topliss-reactive ketones (excluding diaryl/α,β-unsaturated/α-hetero) is 1. The second-order valence-corrected chi connectivity index (χ2v) is 10.7. The van der Waals surface area contributed by atoms with Crippen molar-refractivity contribution in [2.75, 3.05) is 6.54 Å². The molecule has 0 radical (unpaired) electrons. The molecule has 0 spiro atoms. The van der Waals surface area contributed by atoms with Crippen molar-refractivity contribution in [3.05, 3.63) is 98.7 Å². The maximum atomic E-state index is 13.6. The number of imide groups is 1. The number of fused-ring (bicyclic) bond motifs is 1. The van der Waals surface area contributed by atoms with Crippen LogP contribution < -0.4 is 4.74 Å². The molecule has 2 heterocycles. The number of ketones is 1. The predicted octanol–water partition coefficient (Wildman–Crippen LogP) is 5.20. The summed E-state index contributed by atoms with van der Waals surface area (Å²) < 4.78 is 5.33. The molecule has 5 rings (SSSR count). The van der Waals surface area contributed by atoms with Crippen molar-refractivity contribution in [3.8, 4) is 5.75 Å². The number of rotatable bonds is 7. The van der Waals surface area contributed by atoms with Crippen LogP contribution in [-0.4, -0.2) is 46.0 Å². The summed E-state index contributed by atoms with van der Waals surface area (Å²) in [4.78, 5) is 66.4. The van der Waals surface area contributed by atoms with Gasteiger partial charge in [-0.15, -0.1) is 11.3 Å². The Morgan fingerprint density at radius 1 is 1.00 bits per heavy atom. The maximum Gasteiger partial charge on any atom is 0.353 e. The molecule has 3 amide bonds. The van der Waals surface area contributed by atoms with E-state index in [1.54, 1.807) is 29.6 Å². The van der Waals surface area contributed by atoms with Crippen molar-refractivity contribution in [1.29, 1.82) is 0 Å². The minimum absolute atomic E-state index is 0.0626. The third-order valence-corrected chi connectivity index (χ3v) is 7.96. The maximum absolute atomic E-state index is 13.6. The Morgan fingerprint density at radius 2 is 1.72 bits per heavy atom. The van der Waals surface area contributed by atoms with E-state index in [1.165, 1.54) is 47.7 Å². The first-order valence-corrected chi connectivity index (χ1v) is 13.5. The Labute approximate surface area is 233 Å². The summed E-state index contributed by atoms with van der Waals surface area (Å²) >= 11 is 7.51. The Bertz CT molecular complexity index is 1500. The smallest absolute Gasteiger partial charge is 0.353 e. The van der Waals surface area contributed by atoms with Crippen LogP contribution in [0.4, 0.5) is 0 Å². The lowest BCUT2D eigenvalue weighted by atomic mass is 9.82. The Hall–Kier alpha value is -4.08. The van der Waals surface area contributed by atoms with E-state index < -0.39 is 47.9 Å². The highest BCUT2D eigenvalue weighted by molar-refractivity contribution is 7.12. The molecule has 1 aliphatic heterocycles. The van der Waals surface area contributed by atoms with Gasteiger partial charge in [-0.1, -0.05) is 41.4 Å². The first-order valence-electron chi connectivity index (χ1n) is 12.2. The third-order valence-electron chi connectivity index (χ3n) is 6.78. The number of hydrogen-bond acceptors (Lipinski definition) is 7. The molecule has 1 saturated heterocycles. The zero-order valence-electron chi connectivity index (χ0n) is 20.8. The van der Waals surface area contributed by atoms with Gasteiger partial charge in [-0.3, -0.25) is 19.2 Å². The fourth-order valence-corrected chi connectivity index (χ4v) is 5.57. The molecule has 2 atom stereocenters. The molecular formula is C29H23ClN2O6S. The molecule has 2 aliphatic rings. The lowest BCUT2D eigenvalue weighted by Gasteiger charge is -2.30. The van der Waals surface area contributed by atoms with Crippen molar-refractivity contribution in [2.24, 2.45) is 11.8 Å². The van der Waals surface area contributed by atoms with Crippen molar-refractivity contribution in [2.45, 2.75) is 19.8 Å². The molecule has 10 heteroatoms. The van der Waals surface area contributed by atoms with Crippen LogP contribution >= 0.6 is 22.9 Å². The second kappa shape index (κ2) is 11.0. The molecule has 1 fully saturated rings. The van der Waals surface area contributed by atoms with Crippen LogP contribution in [0.15, 0.2) is 77.7 Å². The quantitative estimate of drug-likeness (QED) is 0.129. The minimum atomic E-state index is -0.736. The number of hydrazine groups is 1. The number of esters is 1. The standard InChI is InChI=1S/C29H23ClN2O6S/c1-17-8-13-20-22(15-17)28(36)32(27(20)35)31(26(34)21-5-2-3-6-23(21)30)16-24(33)18-9-11-19(12-10-18)38-29(37)25-7-4-14-39-25/h2-12,14,20,22H,13,15-16H2,1H3/t20-,22-/m1/s1. The van der Waals surface area contributed by atoms with Crippen LogP contribution in [0, 0.1) is 11.8 Å². The highest BCUT2D eigenvalue weighted by Crippen LogP contribution is 2.39. The van der Waals surface area contributed by atoms with Gasteiger partial charge >= 0.3 is 5.97 Å². The third kappa shape index (κ3) is 5.28. The number of hydrogen-bond donors (Lipinski definition) is 0. The van der Waals surface area contributed by atoms with Gasteiger partial charge in [0.15, 0.2) is 5.78 Å². The molecule has 0 N–H and O–H groups in total. The Morgan fingerprint density at radius 3 is 2.41 bits per heavy atom. The molecule has 198 valence electrons. The zero-order valence-corrected chi connectivity index (χ0v) is 22.4. The van der Waals surface area contributed by atoms with Gasteiger partial charge in [-0.2, -0.15) is 5.01 Å². The number of ether oxygens (including phenoxy) is 1. The van der Waals surface area contributed by atoms with E-state index in [0.717, 1.165) is 15.6 Å². The molecule has 0 unspecified atom stereocenters. The molecule has 8 nitrogen and oxygen atoms in total. The highest BCUT2D eigenvalue weighted by Gasteiger charge is 2.51. The van der Waals surface area contributed by atoms with Crippen LogP contribution in [0.1, 0.15) is 50.2 Å². The number of amides is 3. The average Bonchev–Trinajstić information content (AvgIpc) is 3.55. The molecule has 1 aromatic heterocycles. The number of thiophene rings is 1. The van der Waals surface area contributed by atoms with Crippen molar-refractivity contribution >= 4 is 52.4 Å².